The van der Waals surface area contributed by atoms with Crippen LogP contribution in [0.25, 0.3) is 11.4 Å². The van der Waals surface area contributed by atoms with Gasteiger partial charge in [0, 0.05) is 29.5 Å². The van der Waals surface area contributed by atoms with E-state index in [1.807, 2.05) is 12.1 Å². The second kappa shape index (κ2) is 11.6. The van der Waals surface area contributed by atoms with E-state index in [4.69, 9.17) is 10.3 Å². The molecule has 3 aromatic rings. The molecule has 0 unspecified atom stereocenters. The summed E-state index contributed by atoms with van der Waals surface area (Å²) in [5.74, 6) is 1.28. The smallest absolute Gasteiger partial charge is 0.249 e. The first-order valence-corrected chi connectivity index (χ1v) is 13.6. The van der Waals surface area contributed by atoms with E-state index in [0.717, 1.165) is 75.7 Å². The maximum Gasteiger partial charge on any atom is 0.249 e. The summed E-state index contributed by atoms with van der Waals surface area (Å²) in [6.45, 7) is 4.64. The van der Waals surface area contributed by atoms with Crippen LogP contribution >= 0.6 is 0 Å². The van der Waals surface area contributed by atoms with Gasteiger partial charge in [0.15, 0.2) is 5.78 Å². The minimum atomic E-state index is -0.425. The lowest BCUT2D eigenvalue weighted by atomic mass is 9.75. The number of ketones is 1. The summed E-state index contributed by atoms with van der Waals surface area (Å²) >= 11 is 0. The Labute approximate surface area is 222 Å². The van der Waals surface area contributed by atoms with Crippen molar-refractivity contribution in [3.05, 3.63) is 70.9 Å². The Morgan fingerprint density at radius 2 is 1.74 bits per heavy atom. The molecule has 2 aromatic carbocycles. The Kier molecular flexibility index (Phi) is 7.98. The van der Waals surface area contributed by atoms with Gasteiger partial charge in [-0.3, -0.25) is 9.59 Å². The van der Waals surface area contributed by atoms with Gasteiger partial charge in [0.2, 0.25) is 17.6 Å². The van der Waals surface area contributed by atoms with E-state index < -0.39 is 5.91 Å². The number of aryl methyl sites for hydroxylation is 1. The van der Waals surface area contributed by atoms with Crippen molar-refractivity contribution in [2.45, 2.75) is 57.8 Å². The van der Waals surface area contributed by atoms with Crippen LogP contribution in [0.15, 0.2) is 47.0 Å². The molecule has 0 spiro atoms. The van der Waals surface area contributed by atoms with Crippen molar-refractivity contribution in [2.24, 2.45) is 17.6 Å². The fourth-order valence-electron chi connectivity index (χ4n) is 6.20. The molecule has 0 atom stereocenters. The zero-order valence-electron chi connectivity index (χ0n) is 21.9. The number of carbonyl (C=O) groups excluding carboxylic acids is 2. The lowest BCUT2D eigenvalue weighted by Gasteiger charge is -2.34. The highest BCUT2D eigenvalue weighted by Gasteiger charge is 2.30. The van der Waals surface area contributed by atoms with Crippen LogP contribution in [-0.2, 0) is 0 Å². The molecule has 2 heterocycles. The van der Waals surface area contributed by atoms with Crippen LogP contribution in [0.3, 0.4) is 0 Å². The van der Waals surface area contributed by atoms with Crippen molar-refractivity contribution in [1.29, 1.82) is 0 Å². The highest BCUT2D eigenvalue weighted by atomic mass is 19.1. The SMILES string of the molecule is Cc1nc(-c2cccc(C(N)=O)c2C2CCC(CCN3CCC(C(=O)c4ccc(F)cc4)CC3)CC2)no1. The highest BCUT2D eigenvalue weighted by molar-refractivity contribution is 5.98. The minimum Gasteiger partial charge on any atom is -0.366 e. The third-order valence-electron chi connectivity index (χ3n) is 8.34. The summed E-state index contributed by atoms with van der Waals surface area (Å²) < 4.78 is 18.4. The predicted octanol–water partition coefficient (Wildman–Crippen LogP) is 5.54. The molecule has 8 heteroatoms. The van der Waals surface area contributed by atoms with Crippen molar-refractivity contribution in [1.82, 2.24) is 15.0 Å². The van der Waals surface area contributed by atoms with E-state index in [2.05, 4.69) is 15.0 Å². The lowest BCUT2D eigenvalue weighted by molar-refractivity contribution is 0.0832. The minimum absolute atomic E-state index is 0.0228. The van der Waals surface area contributed by atoms with Gasteiger partial charge in [-0.25, -0.2) is 4.39 Å². The van der Waals surface area contributed by atoms with Crippen molar-refractivity contribution in [3.63, 3.8) is 0 Å². The van der Waals surface area contributed by atoms with Gasteiger partial charge in [0.05, 0.1) is 0 Å². The molecule has 200 valence electrons. The first-order chi connectivity index (χ1) is 18.4. The molecule has 0 bridgehead atoms. The van der Waals surface area contributed by atoms with Gasteiger partial charge in [0.1, 0.15) is 5.82 Å². The van der Waals surface area contributed by atoms with Gasteiger partial charge >= 0.3 is 0 Å². The third kappa shape index (κ3) is 5.85. The number of piperidine rings is 1. The van der Waals surface area contributed by atoms with Gasteiger partial charge < -0.3 is 15.2 Å². The zero-order chi connectivity index (χ0) is 26.6. The van der Waals surface area contributed by atoms with Gasteiger partial charge in [-0.05, 0) is 112 Å². The Hall–Kier alpha value is -3.39. The van der Waals surface area contributed by atoms with Gasteiger partial charge in [-0.15, -0.1) is 0 Å². The van der Waals surface area contributed by atoms with Crippen LogP contribution in [0.2, 0.25) is 0 Å². The van der Waals surface area contributed by atoms with Crippen LogP contribution < -0.4 is 5.73 Å². The Morgan fingerprint density at radius 1 is 1.03 bits per heavy atom. The Bertz CT molecular complexity index is 1270. The number of nitrogens with zero attached hydrogens (tertiary/aromatic N) is 3. The van der Waals surface area contributed by atoms with Crippen LogP contribution in [0.5, 0.6) is 0 Å². The number of primary amides is 1. The number of likely N-dealkylation sites (tertiary alicyclic amines) is 1. The topological polar surface area (TPSA) is 102 Å². The van der Waals surface area contributed by atoms with Crippen LogP contribution in [0, 0.1) is 24.6 Å². The molecular formula is C30H35FN4O3. The molecule has 2 fully saturated rings. The fraction of sp³-hybridized carbons (Fsp3) is 0.467. The molecular weight excluding hydrogens is 483 g/mol. The van der Waals surface area contributed by atoms with Gasteiger partial charge in [-0.1, -0.05) is 17.3 Å². The number of halogens is 1. The monoisotopic (exact) mass is 518 g/mol. The van der Waals surface area contributed by atoms with Crippen molar-refractivity contribution in [3.8, 4) is 11.4 Å². The number of hydrogen-bond acceptors (Lipinski definition) is 6. The fourth-order valence-corrected chi connectivity index (χ4v) is 6.20. The van der Waals surface area contributed by atoms with Gasteiger partial charge in [0.25, 0.3) is 0 Å². The maximum absolute atomic E-state index is 13.2. The molecule has 1 saturated heterocycles. The summed E-state index contributed by atoms with van der Waals surface area (Å²) in [7, 11) is 0. The molecule has 1 aliphatic carbocycles. The summed E-state index contributed by atoms with van der Waals surface area (Å²) in [5.41, 5.74) is 8.69. The number of benzene rings is 2. The number of Topliss-reactive ketones (excluding diaryl/α,β-unsaturated/α-hetero) is 1. The lowest BCUT2D eigenvalue weighted by Crippen LogP contribution is -2.37. The molecule has 2 N–H and O–H groups in total. The number of amides is 1. The zero-order valence-corrected chi connectivity index (χ0v) is 21.9. The van der Waals surface area contributed by atoms with E-state index in [1.54, 1.807) is 25.1 Å². The summed E-state index contributed by atoms with van der Waals surface area (Å²) in [6, 6.07) is 11.5. The summed E-state index contributed by atoms with van der Waals surface area (Å²) in [5, 5.41) is 4.10. The van der Waals surface area contributed by atoms with E-state index in [9.17, 15) is 14.0 Å². The molecule has 1 aromatic heterocycles. The Balaban J connectivity index is 1.13. The molecule has 38 heavy (non-hydrogen) atoms. The largest absolute Gasteiger partial charge is 0.366 e. The van der Waals surface area contributed by atoms with E-state index in [1.165, 1.54) is 12.1 Å². The Morgan fingerprint density at radius 3 is 2.37 bits per heavy atom. The van der Waals surface area contributed by atoms with E-state index >= 15 is 0 Å². The normalized spacial score (nSPS) is 20.9. The second-order valence-corrected chi connectivity index (χ2v) is 10.8. The van der Waals surface area contributed by atoms with Gasteiger partial charge in [-0.2, -0.15) is 4.98 Å². The number of carbonyl (C=O) groups is 2. The van der Waals surface area contributed by atoms with Crippen LogP contribution in [0.1, 0.15) is 83.0 Å². The second-order valence-electron chi connectivity index (χ2n) is 10.8. The molecule has 5 rings (SSSR count). The van der Waals surface area contributed by atoms with Crippen LogP contribution in [-0.4, -0.2) is 46.4 Å². The number of hydrogen-bond donors (Lipinski definition) is 1. The third-order valence-corrected chi connectivity index (χ3v) is 8.34. The maximum atomic E-state index is 13.2. The molecule has 0 radical (unpaired) electrons. The standard InChI is InChI=1S/C30H35FN4O3/c1-19-33-30(34-38-19)26-4-2-3-25(29(32)37)27(26)21-7-5-20(6-8-21)13-16-35-17-14-23(15-18-35)28(36)22-9-11-24(31)12-10-22/h2-4,9-12,20-21,23H,5-8,13-18H2,1H3,(H2,32,37). The van der Waals surface area contributed by atoms with E-state index in [-0.39, 0.29) is 23.4 Å². The number of aromatic nitrogens is 2. The molecule has 1 saturated carbocycles. The summed E-state index contributed by atoms with van der Waals surface area (Å²) in [6.07, 6.45) is 7.03. The van der Waals surface area contributed by atoms with Crippen LogP contribution in [0.4, 0.5) is 4.39 Å². The molecule has 1 aliphatic heterocycles. The quantitative estimate of drug-likeness (QED) is 0.393. The molecule has 2 aliphatic rings. The molecule has 7 nitrogen and oxygen atoms in total. The molecule has 1 amide bonds. The number of nitrogens with two attached hydrogens (primary N) is 1. The summed E-state index contributed by atoms with van der Waals surface area (Å²) in [4.78, 5) is 31.9. The average Bonchev–Trinajstić information content (AvgIpc) is 3.38. The van der Waals surface area contributed by atoms with E-state index in [0.29, 0.717) is 28.8 Å². The first-order valence-electron chi connectivity index (χ1n) is 13.6. The highest BCUT2D eigenvalue weighted by Crippen LogP contribution is 2.42. The van der Waals surface area contributed by atoms with Crippen molar-refractivity contribution >= 4 is 11.7 Å². The predicted molar refractivity (Wildman–Crippen MR) is 142 cm³/mol. The first kappa shape index (κ1) is 26.2. The van der Waals surface area contributed by atoms with Crippen molar-refractivity contribution < 1.29 is 18.5 Å². The van der Waals surface area contributed by atoms with Crippen molar-refractivity contribution in [2.75, 3.05) is 19.6 Å². The number of rotatable bonds is 8. The average molecular weight is 519 g/mol.